The van der Waals surface area contributed by atoms with Gasteiger partial charge in [0.2, 0.25) is 5.91 Å². The molecular weight excluding hydrogens is 176 g/mol. The van der Waals surface area contributed by atoms with Gasteiger partial charge in [-0.2, -0.15) is 12.6 Å². The number of aliphatic hydroxyl groups excluding tert-OH is 1. The van der Waals surface area contributed by atoms with E-state index in [0.717, 1.165) is 0 Å². The van der Waals surface area contributed by atoms with Crippen LogP contribution in [0.1, 0.15) is 0 Å². The summed E-state index contributed by atoms with van der Waals surface area (Å²) in [5, 5.41) is 9.96. The van der Waals surface area contributed by atoms with Gasteiger partial charge >= 0.3 is 0 Å². The second-order valence-electron chi connectivity index (χ2n) is 1.95. The normalized spacial score (nSPS) is 11.3. The van der Waals surface area contributed by atoms with E-state index in [1.165, 1.54) is 0 Å². The van der Waals surface area contributed by atoms with E-state index in [1.807, 2.05) is 5.32 Å². The van der Waals surface area contributed by atoms with Gasteiger partial charge in [-0.3, -0.25) is 4.79 Å². The summed E-state index contributed by atoms with van der Waals surface area (Å²) in [6, 6.07) is 0. The highest BCUT2D eigenvalue weighted by atomic mass is 32.1. The van der Waals surface area contributed by atoms with Crippen LogP contribution in [0.2, 0.25) is 0 Å². The topological polar surface area (TPSA) is 49.3 Å². The summed E-state index contributed by atoms with van der Waals surface area (Å²) in [6.07, 6.45) is 0. The molecule has 6 heteroatoms. The molecule has 0 rings (SSSR count). The van der Waals surface area contributed by atoms with Crippen LogP contribution >= 0.6 is 12.6 Å². The minimum atomic E-state index is -3.24. The number of aliphatic hydroxyl groups is 1. The van der Waals surface area contributed by atoms with E-state index in [-0.39, 0.29) is 5.75 Å². The molecule has 0 fully saturated rings. The molecule has 0 aliphatic heterocycles. The van der Waals surface area contributed by atoms with Crippen molar-refractivity contribution in [2.45, 2.75) is 5.92 Å². The van der Waals surface area contributed by atoms with Crippen molar-refractivity contribution in [3.8, 4) is 0 Å². The Balaban J connectivity index is 3.61. The van der Waals surface area contributed by atoms with Crippen LogP contribution in [0, 0.1) is 0 Å². The van der Waals surface area contributed by atoms with Crippen LogP contribution in [0.15, 0.2) is 0 Å². The zero-order valence-corrected chi connectivity index (χ0v) is 6.57. The molecule has 0 atom stereocenters. The maximum Gasteiger partial charge on any atom is 0.287 e. The molecule has 0 aromatic heterocycles. The van der Waals surface area contributed by atoms with E-state index >= 15 is 0 Å². The molecule has 0 aromatic rings. The largest absolute Gasteiger partial charge is 0.390 e. The molecule has 11 heavy (non-hydrogen) atoms. The Kier molecular flexibility index (Phi) is 4.36. The molecule has 2 N–H and O–H groups in total. The van der Waals surface area contributed by atoms with Crippen LogP contribution < -0.4 is 5.32 Å². The second-order valence-corrected chi connectivity index (χ2v) is 2.27. The van der Waals surface area contributed by atoms with Crippen molar-refractivity contribution >= 4 is 18.5 Å². The van der Waals surface area contributed by atoms with Gasteiger partial charge in [-0.05, 0) is 0 Å². The van der Waals surface area contributed by atoms with Gasteiger partial charge in [0.05, 0.1) is 12.3 Å². The molecule has 0 spiro atoms. The highest BCUT2D eigenvalue weighted by Gasteiger charge is 2.27. The van der Waals surface area contributed by atoms with E-state index in [4.69, 9.17) is 5.11 Å². The summed E-state index contributed by atoms with van der Waals surface area (Å²) in [4.78, 5) is 10.4. The fourth-order valence-electron chi connectivity index (χ4n) is 0.340. The Morgan fingerprint density at radius 3 is 2.55 bits per heavy atom. The monoisotopic (exact) mass is 185 g/mol. The third-order valence-corrected chi connectivity index (χ3v) is 1.21. The Morgan fingerprint density at radius 2 is 2.18 bits per heavy atom. The lowest BCUT2D eigenvalue weighted by molar-refractivity contribution is -0.121. The molecule has 66 valence electrons. The number of hydrogen-bond donors (Lipinski definition) is 3. The average molecular weight is 185 g/mol. The lowest BCUT2D eigenvalue weighted by Gasteiger charge is -2.12. The minimum absolute atomic E-state index is 0.137. The molecule has 1 amide bonds. The Hall–Kier alpha value is -0.360. The zero-order valence-electron chi connectivity index (χ0n) is 5.68. The first-order chi connectivity index (χ1) is 5.02. The third-order valence-electron chi connectivity index (χ3n) is 0.919. The highest BCUT2D eigenvalue weighted by molar-refractivity contribution is 7.81. The van der Waals surface area contributed by atoms with E-state index in [2.05, 4.69) is 12.6 Å². The first-order valence-corrected chi connectivity index (χ1v) is 3.51. The number of hydrogen-bond acceptors (Lipinski definition) is 3. The molecule has 0 aliphatic rings. The number of amides is 1. The van der Waals surface area contributed by atoms with E-state index < -0.39 is 25.0 Å². The summed E-state index contributed by atoms with van der Waals surface area (Å²) in [6.45, 7) is -2.11. The fourth-order valence-corrected chi connectivity index (χ4v) is 0.452. The molecule has 0 saturated heterocycles. The van der Waals surface area contributed by atoms with E-state index in [0.29, 0.717) is 0 Å². The van der Waals surface area contributed by atoms with Crippen LogP contribution in [0.4, 0.5) is 8.78 Å². The molecular formula is C5H9F2NO2S. The molecule has 3 nitrogen and oxygen atoms in total. The smallest absolute Gasteiger partial charge is 0.287 e. The molecule has 0 saturated carbocycles. The number of alkyl halides is 2. The molecule has 0 radical (unpaired) electrons. The average Bonchev–Trinajstić information content (AvgIpc) is 2.00. The van der Waals surface area contributed by atoms with Crippen LogP contribution in [0.5, 0.6) is 0 Å². The molecule has 0 heterocycles. The number of rotatable bonds is 4. The van der Waals surface area contributed by atoms with E-state index in [1.54, 1.807) is 0 Å². The number of halogens is 2. The van der Waals surface area contributed by atoms with E-state index in [9.17, 15) is 13.6 Å². The molecule has 0 bridgehead atoms. The predicted octanol–water partition coefficient (Wildman–Crippen LogP) is -0.340. The standard InChI is InChI=1S/C5H9F2NO2S/c6-5(7,3-9)2-8-4(10)1-11/h9,11H,1-3H2,(H,8,10). The Labute approximate surface area is 68.2 Å². The number of thiol groups is 1. The van der Waals surface area contributed by atoms with Crippen molar-refractivity contribution in [1.82, 2.24) is 5.32 Å². The van der Waals surface area contributed by atoms with Gasteiger partial charge in [0.1, 0.15) is 6.61 Å². The first-order valence-electron chi connectivity index (χ1n) is 2.88. The number of nitrogens with one attached hydrogen (secondary N) is 1. The van der Waals surface area contributed by atoms with Crippen LogP contribution in [0.3, 0.4) is 0 Å². The summed E-state index contributed by atoms with van der Waals surface area (Å²) in [7, 11) is 0. The Bertz CT molecular complexity index is 142. The zero-order chi connectivity index (χ0) is 8.91. The number of carbonyl (C=O) groups excluding carboxylic acids is 1. The molecule has 0 unspecified atom stereocenters. The lowest BCUT2D eigenvalue weighted by Crippen LogP contribution is -2.39. The Morgan fingerprint density at radius 1 is 1.64 bits per heavy atom. The van der Waals surface area contributed by atoms with Crippen LogP contribution in [0.25, 0.3) is 0 Å². The predicted molar refractivity (Wildman–Crippen MR) is 38.9 cm³/mol. The summed E-state index contributed by atoms with van der Waals surface area (Å²) in [5.74, 6) is -3.96. The highest BCUT2D eigenvalue weighted by Crippen LogP contribution is 2.09. The second kappa shape index (κ2) is 4.50. The third kappa shape index (κ3) is 4.97. The number of carbonyl (C=O) groups is 1. The quantitative estimate of drug-likeness (QED) is 0.525. The summed E-state index contributed by atoms with van der Waals surface area (Å²) >= 11 is 3.56. The fraction of sp³-hybridized carbons (Fsp3) is 0.800. The maximum absolute atomic E-state index is 12.2. The van der Waals surface area contributed by atoms with Gasteiger partial charge in [-0.1, -0.05) is 0 Å². The minimum Gasteiger partial charge on any atom is -0.390 e. The van der Waals surface area contributed by atoms with Crippen molar-refractivity contribution in [3.63, 3.8) is 0 Å². The summed E-state index contributed by atoms with van der Waals surface area (Å²) < 4.78 is 24.3. The van der Waals surface area contributed by atoms with Gasteiger partial charge < -0.3 is 10.4 Å². The maximum atomic E-state index is 12.2. The van der Waals surface area contributed by atoms with Gasteiger partial charge in [0, 0.05) is 0 Å². The van der Waals surface area contributed by atoms with Crippen LogP contribution in [-0.4, -0.2) is 35.8 Å². The van der Waals surface area contributed by atoms with Crippen molar-refractivity contribution in [1.29, 1.82) is 0 Å². The lowest BCUT2D eigenvalue weighted by atomic mass is 10.3. The summed E-state index contributed by atoms with van der Waals surface area (Å²) in [5.41, 5.74) is 0. The molecule has 0 aliphatic carbocycles. The van der Waals surface area contributed by atoms with Crippen molar-refractivity contribution in [3.05, 3.63) is 0 Å². The van der Waals surface area contributed by atoms with Gasteiger partial charge in [0.25, 0.3) is 5.92 Å². The van der Waals surface area contributed by atoms with Crippen molar-refractivity contribution in [2.75, 3.05) is 18.9 Å². The van der Waals surface area contributed by atoms with Gasteiger partial charge in [-0.15, -0.1) is 0 Å². The van der Waals surface area contributed by atoms with Crippen molar-refractivity contribution < 1.29 is 18.7 Å². The SMILES string of the molecule is O=C(CS)NCC(F)(F)CO. The molecule has 0 aromatic carbocycles. The van der Waals surface area contributed by atoms with Gasteiger partial charge in [-0.25, -0.2) is 8.78 Å². The van der Waals surface area contributed by atoms with Crippen molar-refractivity contribution in [2.24, 2.45) is 0 Å². The van der Waals surface area contributed by atoms with Crippen LogP contribution in [-0.2, 0) is 4.79 Å². The van der Waals surface area contributed by atoms with Gasteiger partial charge in [0.15, 0.2) is 0 Å². The first kappa shape index (κ1) is 10.6.